The van der Waals surface area contributed by atoms with Crippen LogP contribution >= 0.6 is 0 Å². The molecule has 0 aliphatic rings. The topological polar surface area (TPSA) is 47.3 Å². The normalized spacial score (nSPS) is 9.67. The maximum Gasteiger partial charge on any atom is 0.121 e. The van der Waals surface area contributed by atoms with Crippen molar-refractivity contribution in [2.45, 2.75) is 6.42 Å². The van der Waals surface area contributed by atoms with E-state index in [4.69, 9.17) is 10.5 Å². The molecule has 0 aromatic heterocycles. The van der Waals surface area contributed by atoms with E-state index in [2.05, 4.69) is 11.9 Å². The molecule has 0 radical (unpaired) electrons. The fourth-order valence-electron chi connectivity index (χ4n) is 1.19. The van der Waals surface area contributed by atoms with Crippen LogP contribution in [0.3, 0.4) is 0 Å². The lowest BCUT2D eigenvalue weighted by Gasteiger charge is -2.08. The van der Waals surface area contributed by atoms with Crippen LogP contribution in [0.25, 0.3) is 0 Å². The minimum Gasteiger partial charge on any atom is -0.489 e. The maximum absolute atomic E-state index is 5.42. The number of hydrogen-bond acceptors (Lipinski definition) is 3. The van der Waals surface area contributed by atoms with Crippen LogP contribution in [0.15, 0.2) is 36.9 Å². The summed E-state index contributed by atoms with van der Waals surface area (Å²) in [6, 6.07) is 7.87. The molecule has 15 heavy (non-hydrogen) atoms. The smallest absolute Gasteiger partial charge is 0.121 e. The number of nitrogens with two attached hydrogens (primary N) is 1. The van der Waals surface area contributed by atoms with Crippen LogP contribution in [-0.4, -0.2) is 19.7 Å². The molecule has 0 bridgehead atoms. The number of benzene rings is 1. The van der Waals surface area contributed by atoms with Gasteiger partial charge in [0.2, 0.25) is 0 Å². The van der Waals surface area contributed by atoms with E-state index in [1.165, 1.54) is 0 Å². The second-order valence-electron chi connectivity index (χ2n) is 3.20. The minimum atomic E-state index is 0.534. The van der Waals surface area contributed by atoms with Crippen LogP contribution < -0.4 is 15.8 Å². The van der Waals surface area contributed by atoms with Crippen LogP contribution in [0, 0.1) is 0 Å². The van der Waals surface area contributed by atoms with Gasteiger partial charge in [0, 0.05) is 18.3 Å². The van der Waals surface area contributed by atoms with Gasteiger partial charge in [0.05, 0.1) is 0 Å². The molecule has 0 atom stereocenters. The van der Waals surface area contributed by atoms with Crippen molar-refractivity contribution >= 4 is 5.69 Å². The van der Waals surface area contributed by atoms with Crippen molar-refractivity contribution in [3.63, 3.8) is 0 Å². The summed E-state index contributed by atoms with van der Waals surface area (Å²) in [6.07, 6.45) is 2.70. The van der Waals surface area contributed by atoms with Gasteiger partial charge in [0.15, 0.2) is 0 Å². The van der Waals surface area contributed by atoms with Gasteiger partial charge in [-0.05, 0) is 25.1 Å². The van der Waals surface area contributed by atoms with Gasteiger partial charge in [-0.15, -0.1) is 0 Å². The van der Waals surface area contributed by atoms with Gasteiger partial charge in [-0.1, -0.05) is 18.7 Å². The predicted octanol–water partition coefficient (Wildman–Crippen LogP) is 2.01. The van der Waals surface area contributed by atoms with Crippen molar-refractivity contribution in [3.05, 3.63) is 36.9 Å². The van der Waals surface area contributed by atoms with Crippen LogP contribution in [0.1, 0.15) is 6.42 Å². The van der Waals surface area contributed by atoms with Crippen LogP contribution in [0.4, 0.5) is 5.69 Å². The van der Waals surface area contributed by atoms with Gasteiger partial charge in [-0.25, -0.2) is 0 Å². The molecule has 0 aliphatic carbocycles. The van der Waals surface area contributed by atoms with Gasteiger partial charge < -0.3 is 15.8 Å². The van der Waals surface area contributed by atoms with Crippen molar-refractivity contribution in [3.8, 4) is 5.75 Å². The summed E-state index contributed by atoms with van der Waals surface area (Å²) in [7, 11) is 0. The molecular weight excluding hydrogens is 188 g/mol. The van der Waals surface area contributed by atoms with Crippen molar-refractivity contribution < 1.29 is 4.74 Å². The first-order valence-corrected chi connectivity index (χ1v) is 5.14. The van der Waals surface area contributed by atoms with Crippen molar-refractivity contribution in [1.82, 2.24) is 0 Å². The fourth-order valence-corrected chi connectivity index (χ4v) is 1.19. The Hall–Kier alpha value is -1.48. The third-order valence-electron chi connectivity index (χ3n) is 1.91. The molecule has 0 fully saturated rings. The van der Waals surface area contributed by atoms with E-state index in [0.717, 1.165) is 24.4 Å². The Labute approximate surface area is 90.9 Å². The highest BCUT2D eigenvalue weighted by atomic mass is 16.5. The summed E-state index contributed by atoms with van der Waals surface area (Å²) in [5, 5.41) is 3.28. The minimum absolute atomic E-state index is 0.534. The van der Waals surface area contributed by atoms with E-state index in [1.54, 1.807) is 6.08 Å². The standard InChI is InChI=1S/C12H18N2O/c1-2-9-15-12-6-3-5-11(10-12)14-8-4-7-13/h2-3,5-6,10,14H,1,4,7-9,13H2. The molecule has 82 valence electrons. The molecule has 3 heteroatoms. The van der Waals surface area contributed by atoms with Gasteiger partial charge >= 0.3 is 0 Å². The number of nitrogens with one attached hydrogen (secondary N) is 1. The molecule has 0 spiro atoms. The SMILES string of the molecule is C=CCOc1cccc(NCCCN)c1. The Morgan fingerprint density at radius 1 is 1.47 bits per heavy atom. The Bertz CT molecular complexity index is 299. The molecule has 0 aliphatic heterocycles. The lowest BCUT2D eigenvalue weighted by atomic mass is 10.3. The quantitative estimate of drug-likeness (QED) is 0.530. The van der Waals surface area contributed by atoms with E-state index >= 15 is 0 Å². The summed E-state index contributed by atoms with van der Waals surface area (Å²) < 4.78 is 5.42. The first-order chi connectivity index (χ1) is 7.36. The van der Waals surface area contributed by atoms with E-state index < -0.39 is 0 Å². The monoisotopic (exact) mass is 206 g/mol. The fraction of sp³-hybridized carbons (Fsp3) is 0.333. The zero-order valence-corrected chi connectivity index (χ0v) is 8.91. The molecule has 0 amide bonds. The molecule has 1 rings (SSSR count). The third-order valence-corrected chi connectivity index (χ3v) is 1.91. The first kappa shape index (κ1) is 11.6. The number of anilines is 1. The molecule has 0 saturated heterocycles. The van der Waals surface area contributed by atoms with Gasteiger partial charge in [0.25, 0.3) is 0 Å². The zero-order chi connectivity index (χ0) is 10.9. The number of hydrogen-bond donors (Lipinski definition) is 2. The third kappa shape index (κ3) is 4.51. The van der Waals surface area contributed by atoms with Crippen LogP contribution in [-0.2, 0) is 0 Å². The molecule has 0 saturated carbocycles. The molecular formula is C12H18N2O. The molecule has 1 aromatic carbocycles. The Balaban J connectivity index is 2.46. The average Bonchev–Trinajstić information content (AvgIpc) is 2.27. The highest BCUT2D eigenvalue weighted by Gasteiger charge is 1.94. The van der Waals surface area contributed by atoms with E-state index in [0.29, 0.717) is 13.2 Å². The lowest BCUT2D eigenvalue weighted by Crippen LogP contribution is -2.08. The van der Waals surface area contributed by atoms with Gasteiger partial charge in [-0.3, -0.25) is 0 Å². The van der Waals surface area contributed by atoms with Gasteiger partial charge in [0.1, 0.15) is 12.4 Å². The Morgan fingerprint density at radius 2 is 2.33 bits per heavy atom. The average molecular weight is 206 g/mol. The maximum atomic E-state index is 5.42. The van der Waals surface area contributed by atoms with Crippen molar-refractivity contribution in [2.75, 3.05) is 25.0 Å². The van der Waals surface area contributed by atoms with E-state index in [-0.39, 0.29) is 0 Å². The molecule has 0 heterocycles. The molecule has 3 N–H and O–H groups in total. The number of rotatable bonds is 7. The first-order valence-electron chi connectivity index (χ1n) is 5.14. The second kappa shape index (κ2) is 6.90. The van der Waals surface area contributed by atoms with Crippen molar-refractivity contribution in [1.29, 1.82) is 0 Å². The summed E-state index contributed by atoms with van der Waals surface area (Å²) in [4.78, 5) is 0. The highest BCUT2D eigenvalue weighted by Crippen LogP contribution is 2.17. The molecule has 1 aromatic rings. The Kier molecular flexibility index (Phi) is 5.33. The van der Waals surface area contributed by atoms with Crippen molar-refractivity contribution in [2.24, 2.45) is 5.73 Å². The Morgan fingerprint density at radius 3 is 3.07 bits per heavy atom. The molecule has 3 nitrogen and oxygen atoms in total. The summed E-state index contributed by atoms with van der Waals surface area (Å²) in [6.45, 7) is 5.74. The zero-order valence-electron chi connectivity index (χ0n) is 8.91. The predicted molar refractivity (Wildman–Crippen MR) is 64.3 cm³/mol. The lowest BCUT2D eigenvalue weighted by molar-refractivity contribution is 0.363. The van der Waals surface area contributed by atoms with Crippen LogP contribution in [0.2, 0.25) is 0 Å². The largest absolute Gasteiger partial charge is 0.489 e. The van der Waals surface area contributed by atoms with Crippen LogP contribution in [0.5, 0.6) is 5.75 Å². The summed E-state index contributed by atoms with van der Waals surface area (Å²) >= 11 is 0. The van der Waals surface area contributed by atoms with E-state index in [9.17, 15) is 0 Å². The molecule has 0 unspecified atom stereocenters. The summed E-state index contributed by atoms with van der Waals surface area (Å²) in [5.41, 5.74) is 6.47. The van der Waals surface area contributed by atoms with Gasteiger partial charge in [-0.2, -0.15) is 0 Å². The highest BCUT2D eigenvalue weighted by molar-refractivity contribution is 5.48. The number of ether oxygens (including phenoxy) is 1. The summed E-state index contributed by atoms with van der Waals surface area (Å²) in [5.74, 6) is 0.854. The second-order valence-corrected chi connectivity index (χ2v) is 3.20. The van der Waals surface area contributed by atoms with E-state index in [1.807, 2.05) is 24.3 Å².